The summed E-state index contributed by atoms with van der Waals surface area (Å²) in [5.41, 5.74) is 0.953. The summed E-state index contributed by atoms with van der Waals surface area (Å²) < 4.78 is 27.5. The van der Waals surface area contributed by atoms with Gasteiger partial charge in [-0.05, 0) is 37.2 Å². The predicted molar refractivity (Wildman–Crippen MR) is 105 cm³/mol. The molecule has 1 saturated heterocycles. The highest BCUT2D eigenvalue weighted by Crippen LogP contribution is 2.47. The maximum Gasteiger partial charge on any atom is 0.284 e. The molecule has 3 nitrogen and oxygen atoms in total. The SMILES string of the molecule is FC(F)c1nc(-c2cccc(Cl)c2Cl)cnc1N1CCC2(CCCC2)CC1. The normalized spacial score (nSPS) is 19.2. The molecule has 0 radical (unpaired) electrons. The van der Waals surface area contributed by atoms with Crippen LogP contribution in [0.25, 0.3) is 11.3 Å². The average Bonchev–Trinajstić information content (AvgIpc) is 3.12. The van der Waals surface area contributed by atoms with Gasteiger partial charge in [0.2, 0.25) is 0 Å². The number of piperidine rings is 1. The van der Waals surface area contributed by atoms with Crippen molar-refractivity contribution in [3.05, 3.63) is 40.1 Å². The molecule has 1 spiro atoms. The minimum absolute atomic E-state index is 0.286. The summed E-state index contributed by atoms with van der Waals surface area (Å²) in [5, 5.41) is 0.652. The van der Waals surface area contributed by atoms with Gasteiger partial charge in [0.25, 0.3) is 6.43 Å². The van der Waals surface area contributed by atoms with Crippen LogP contribution in [0.4, 0.5) is 14.6 Å². The van der Waals surface area contributed by atoms with Crippen LogP contribution in [-0.2, 0) is 0 Å². The van der Waals surface area contributed by atoms with Crippen molar-refractivity contribution >= 4 is 29.0 Å². The fourth-order valence-corrected chi connectivity index (χ4v) is 4.83. The van der Waals surface area contributed by atoms with Crippen LogP contribution in [0, 0.1) is 5.41 Å². The smallest absolute Gasteiger partial charge is 0.284 e. The highest BCUT2D eigenvalue weighted by atomic mass is 35.5. The highest BCUT2D eigenvalue weighted by molar-refractivity contribution is 6.43. The molecule has 2 fully saturated rings. The number of halogens is 4. The van der Waals surface area contributed by atoms with Crippen molar-refractivity contribution in [2.75, 3.05) is 18.0 Å². The monoisotopic (exact) mass is 411 g/mol. The lowest BCUT2D eigenvalue weighted by Crippen LogP contribution is -2.39. The summed E-state index contributed by atoms with van der Waals surface area (Å²) in [6.07, 6.45) is 6.00. The van der Waals surface area contributed by atoms with Crippen LogP contribution in [-0.4, -0.2) is 23.1 Å². The van der Waals surface area contributed by atoms with E-state index in [1.165, 1.54) is 31.9 Å². The molecule has 0 N–H and O–H groups in total. The molecule has 4 rings (SSSR count). The number of nitrogens with zero attached hydrogens (tertiary/aromatic N) is 3. The van der Waals surface area contributed by atoms with Crippen molar-refractivity contribution in [3.63, 3.8) is 0 Å². The van der Waals surface area contributed by atoms with Gasteiger partial charge in [0.1, 0.15) is 5.69 Å². The van der Waals surface area contributed by atoms with Crippen molar-refractivity contribution in [2.24, 2.45) is 5.41 Å². The van der Waals surface area contributed by atoms with Gasteiger partial charge in [-0.2, -0.15) is 0 Å². The zero-order valence-electron chi connectivity index (χ0n) is 14.9. The van der Waals surface area contributed by atoms with Crippen molar-refractivity contribution in [2.45, 2.75) is 45.0 Å². The molecule has 1 aromatic heterocycles. The van der Waals surface area contributed by atoms with Gasteiger partial charge in [0.05, 0.1) is 21.9 Å². The number of rotatable bonds is 3. The molecule has 1 aromatic carbocycles. The topological polar surface area (TPSA) is 29.0 Å². The van der Waals surface area contributed by atoms with E-state index in [4.69, 9.17) is 23.2 Å². The summed E-state index contributed by atoms with van der Waals surface area (Å²) >= 11 is 12.3. The fraction of sp³-hybridized carbons (Fsp3) is 0.500. The Kier molecular flexibility index (Phi) is 5.26. The van der Waals surface area contributed by atoms with E-state index >= 15 is 0 Å². The standard InChI is InChI=1S/C20H21Cl2F2N3/c21-14-5-3-4-13(16(14)22)15-12-25-19(17(26-15)18(23)24)27-10-8-20(9-11-27)6-1-2-7-20/h3-5,12,18H,1-2,6-11H2. The van der Waals surface area contributed by atoms with Gasteiger partial charge in [-0.15, -0.1) is 0 Å². The second-order valence-corrected chi connectivity index (χ2v) is 8.35. The average molecular weight is 412 g/mol. The summed E-state index contributed by atoms with van der Waals surface area (Å²) in [6, 6.07) is 5.07. The summed E-state index contributed by atoms with van der Waals surface area (Å²) in [5.74, 6) is 0.291. The Bertz CT molecular complexity index is 828. The molecule has 2 aromatic rings. The molecule has 1 saturated carbocycles. The Morgan fingerprint density at radius 3 is 2.41 bits per heavy atom. The molecular formula is C20H21Cl2F2N3. The van der Waals surface area contributed by atoms with Crippen LogP contribution >= 0.6 is 23.2 Å². The Balaban J connectivity index is 1.63. The second kappa shape index (κ2) is 7.51. The molecule has 0 amide bonds. The lowest BCUT2D eigenvalue weighted by molar-refractivity contribution is 0.145. The molecule has 0 bridgehead atoms. The first kappa shape index (κ1) is 18.9. The fourth-order valence-electron chi connectivity index (χ4n) is 4.44. The Labute approximate surface area is 167 Å². The first-order chi connectivity index (χ1) is 13.0. The van der Waals surface area contributed by atoms with E-state index in [1.54, 1.807) is 18.2 Å². The zero-order valence-corrected chi connectivity index (χ0v) is 16.4. The van der Waals surface area contributed by atoms with Crippen molar-refractivity contribution in [1.29, 1.82) is 0 Å². The summed E-state index contributed by atoms with van der Waals surface area (Å²) in [7, 11) is 0. The number of aromatic nitrogens is 2. The predicted octanol–water partition coefficient (Wildman–Crippen LogP) is 6.55. The summed E-state index contributed by atoms with van der Waals surface area (Å²) in [6.45, 7) is 1.51. The van der Waals surface area contributed by atoms with E-state index in [0.717, 1.165) is 25.9 Å². The molecule has 2 aliphatic rings. The van der Waals surface area contributed by atoms with Crippen LogP contribution in [0.1, 0.15) is 50.6 Å². The maximum absolute atomic E-state index is 13.8. The molecule has 7 heteroatoms. The van der Waals surface area contributed by atoms with Gasteiger partial charge in [-0.25, -0.2) is 18.7 Å². The van der Waals surface area contributed by atoms with E-state index in [2.05, 4.69) is 9.97 Å². The van der Waals surface area contributed by atoms with Gasteiger partial charge >= 0.3 is 0 Å². The molecule has 27 heavy (non-hydrogen) atoms. The van der Waals surface area contributed by atoms with Gasteiger partial charge in [-0.1, -0.05) is 48.2 Å². The molecule has 2 heterocycles. The second-order valence-electron chi connectivity index (χ2n) is 7.56. The van der Waals surface area contributed by atoms with E-state index in [9.17, 15) is 8.78 Å². The van der Waals surface area contributed by atoms with Crippen LogP contribution in [0.2, 0.25) is 10.0 Å². The third kappa shape index (κ3) is 3.64. The first-order valence-electron chi connectivity index (χ1n) is 9.34. The third-order valence-corrected chi connectivity index (χ3v) is 6.82. The number of hydrogen-bond donors (Lipinski definition) is 0. The van der Waals surface area contributed by atoms with Crippen LogP contribution in [0.3, 0.4) is 0 Å². The molecule has 0 unspecified atom stereocenters. The molecular weight excluding hydrogens is 391 g/mol. The molecule has 1 aliphatic carbocycles. The quantitative estimate of drug-likeness (QED) is 0.573. The Hall–Kier alpha value is -1.46. The minimum atomic E-state index is -2.70. The largest absolute Gasteiger partial charge is 0.355 e. The van der Waals surface area contributed by atoms with Gasteiger partial charge in [-0.3, -0.25) is 0 Å². The number of benzene rings is 1. The Morgan fingerprint density at radius 1 is 1.04 bits per heavy atom. The Morgan fingerprint density at radius 2 is 1.74 bits per heavy atom. The zero-order chi connectivity index (χ0) is 19.0. The van der Waals surface area contributed by atoms with Crippen LogP contribution in [0.15, 0.2) is 24.4 Å². The van der Waals surface area contributed by atoms with Gasteiger partial charge < -0.3 is 4.90 Å². The van der Waals surface area contributed by atoms with Gasteiger partial charge in [0, 0.05) is 18.7 Å². The van der Waals surface area contributed by atoms with Gasteiger partial charge in [0.15, 0.2) is 5.82 Å². The minimum Gasteiger partial charge on any atom is -0.355 e. The van der Waals surface area contributed by atoms with Crippen molar-refractivity contribution in [3.8, 4) is 11.3 Å². The lowest BCUT2D eigenvalue weighted by Gasteiger charge is -2.40. The number of anilines is 1. The number of alkyl halides is 2. The third-order valence-electron chi connectivity index (χ3n) is 6.00. The molecule has 0 atom stereocenters. The molecule has 1 aliphatic heterocycles. The molecule has 144 valence electrons. The highest BCUT2D eigenvalue weighted by Gasteiger charge is 2.38. The van der Waals surface area contributed by atoms with E-state index in [1.807, 2.05) is 4.90 Å². The van der Waals surface area contributed by atoms with E-state index in [0.29, 0.717) is 32.5 Å². The lowest BCUT2D eigenvalue weighted by atomic mass is 9.77. The first-order valence-corrected chi connectivity index (χ1v) is 10.1. The maximum atomic E-state index is 13.8. The van der Waals surface area contributed by atoms with Crippen molar-refractivity contribution < 1.29 is 8.78 Å². The van der Waals surface area contributed by atoms with Crippen LogP contribution in [0.5, 0.6) is 0 Å². The summed E-state index contributed by atoms with van der Waals surface area (Å²) in [4.78, 5) is 10.5. The van der Waals surface area contributed by atoms with Crippen LogP contribution < -0.4 is 4.90 Å². The van der Waals surface area contributed by atoms with E-state index < -0.39 is 6.43 Å². The van der Waals surface area contributed by atoms with Crippen molar-refractivity contribution in [1.82, 2.24) is 9.97 Å². The van der Waals surface area contributed by atoms with E-state index in [-0.39, 0.29) is 5.69 Å². The number of hydrogen-bond acceptors (Lipinski definition) is 3.